The van der Waals surface area contributed by atoms with Gasteiger partial charge in [-0.25, -0.2) is 0 Å². The molecule has 4 heteroatoms. The lowest BCUT2D eigenvalue weighted by molar-refractivity contribution is -0.115. The molecule has 0 unspecified atom stereocenters. The standard InChI is InChI=1S/C10H11N3O/c11-13-8-10(14)7-12-6-9-4-2-1-3-5-9/h1-5,8,12H,6-7H2. The van der Waals surface area contributed by atoms with E-state index in [9.17, 15) is 4.79 Å². The number of ketones is 1. The van der Waals surface area contributed by atoms with Crippen LogP contribution in [0.3, 0.4) is 0 Å². The quantitative estimate of drug-likeness (QED) is 0.420. The predicted molar refractivity (Wildman–Crippen MR) is 52.8 cm³/mol. The molecule has 0 atom stereocenters. The van der Waals surface area contributed by atoms with Crippen molar-refractivity contribution in [3.63, 3.8) is 0 Å². The lowest BCUT2D eigenvalue weighted by Gasteiger charge is -2.00. The second-order valence-electron chi connectivity index (χ2n) is 2.80. The van der Waals surface area contributed by atoms with Gasteiger partial charge < -0.3 is 10.8 Å². The van der Waals surface area contributed by atoms with Gasteiger partial charge in [0.1, 0.15) is 0 Å². The number of carbonyl (C=O) groups excluding carboxylic acids is 1. The van der Waals surface area contributed by atoms with Crippen molar-refractivity contribution in [3.05, 3.63) is 41.4 Å². The molecule has 0 aliphatic carbocycles. The molecule has 0 aliphatic rings. The smallest absolute Gasteiger partial charge is 0.324 e. The van der Waals surface area contributed by atoms with Crippen molar-refractivity contribution < 1.29 is 9.58 Å². The van der Waals surface area contributed by atoms with E-state index in [0.717, 1.165) is 11.8 Å². The number of nitrogens with zero attached hydrogens (tertiary/aromatic N) is 2. The van der Waals surface area contributed by atoms with Gasteiger partial charge in [-0.15, -0.1) is 0 Å². The van der Waals surface area contributed by atoms with Gasteiger partial charge in [-0.2, -0.15) is 4.79 Å². The Labute approximate surface area is 82.2 Å². The molecule has 4 nitrogen and oxygen atoms in total. The summed E-state index contributed by atoms with van der Waals surface area (Å²) < 4.78 is 0. The van der Waals surface area contributed by atoms with Crippen molar-refractivity contribution in [1.29, 1.82) is 0 Å². The molecular weight excluding hydrogens is 178 g/mol. The Balaban J connectivity index is 2.29. The number of rotatable bonds is 5. The molecule has 0 aliphatic heterocycles. The first-order chi connectivity index (χ1) is 6.83. The van der Waals surface area contributed by atoms with E-state index in [2.05, 4.69) is 10.1 Å². The van der Waals surface area contributed by atoms with Crippen molar-refractivity contribution in [1.82, 2.24) is 5.32 Å². The molecule has 1 aromatic rings. The minimum absolute atomic E-state index is 0.180. The maximum Gasteiger partial charge on any atom is 0.324 e. The Kier molecular flexibility index (Phi) is 4.27. The third-order valence-corrected chi connectivity index (χ3v) is 1.67. The highest BCUT2D eigenvalue weighted by atomic mass is 16.1. The molecule has 0 amide bonds. The highest BCUT2D eigenvalue weighted by molar-refractivity contribution is 6.26. The van der Waals surface area contributed by atoms with Crippen LogP contribution < -0.4 is 5.32 Å². The molecule has 0 fully saturated rings. The zero-order chi connectivity index (χ0) is 10.2. The van der Waals surface area contributed by atoms with Gasteiger partial charge in [0.05, 0.1) is 6.54 Å². The largest absolute Gasteiger partial charge is 0.361 e. The third-order valence-electron chi connectivity index (χ3n) is 1.67. The Morgan fingerprint density at radius 2 is 2.14 bits per heavy atom. The van der Waals surface area contributed by atoms with Crippen LogP contribution in [-0.2, 0) is 11.3 Å². The van der Waals surface area contributed by atoms with Crippen LogP contribution in [-0.4, -0.2) is 23.3 Å². The second-order valence-corrected chi connectivity index (χ2v) is 2.80. The molecule has 14 heavy (non-hydrogen) atoms. The van der Waals surface area contributed by atoms with Gasteiger partial charge in [0.15, 0.2) is 0 Å². The SMILES string of the molecule is [N-]=[N+]=CC(=O)CNCc1ccccc1. The summed E-state index contributed by atoms with van der Waals surface area (Å²) in [5, 5.41) is 2.93. The highest BCUT2D eigenvalue weighted by Crippen LogP contribution is 1.96. The average Bonchev–Trinajstić information content (AvgIpc) is 2.20. The molecule has 1 N–H and O–H groups in total. The van der Waals surface area contributed by atoms with Crippen LogP contribution in [0.5, 0.6) is 0 Å². The summed E-state index contributed by atoms with van der Waals surface area (Å²) in [5.41, 5.74) is 9.19. The van der Waals surface area contributed by atoms with Crippen LogP contribution >= 0.6 is 0 Å². The number of hydrogen-bond donors (Lipinski definition) is 1. The molecule has 0 saturated carbocycles. The van der Waals surface area contributed by atoms with Gasteiger partial charge in [0, 0.05) is 6.54 Å². The summed E-state index contributed by atoms with van der Waals surface area (Å²) in [6.07, 6.45) is 0.887. The van der Waals surface area contributed by atoms with E-state index in [0.29, 0.717) is 6.54 Å². The molecule has 72 valence electrons. The zero-order valence-electron chi connectivity index (χ0n) is 7.68. The van der Waals surface area contributed by atoms with E-state index in [1.54, 1.807) is 0 Å². The molecule has 0 spiro atoms. The van der Waals surface area contributed by atoms with Crippen molar-refractivity contribution in [2.75, 3.05) is 6.54 Å². The van der Waals surface area contributed by atoms with E-state index in [-0.39, 0.29) is 12.3 Å². The fraction of sp³-hybridized carbons (Fsp3) is 0.200. The summed E-state index contributed by atoms with van der Waals surface area (Å²) in [5.74, 6) is -0.247. The average molecular weight is 189 g/mol. The predicted octanol–water partition coefficient (Wildman–Crippen LogP) is 0.646. The molecule has 0 heterocycles. The van der Waals surface area contributed by atoms with E-state index >= 15 is 0 Å². The summed E-state index contributed by atoms with van der Waals surface area (Å²) in [6.45, 7) is 0.810. The topological polar surface area (TPSA) is 65.5 Å². The van der Waals surface area contributed by atoms with E-state index < -0.39 is 0 Å². The minimum atomic E-state index is -0.247. The van der Waals surface area contributed by atoms with E-state index in [4.69, 9.17) is 5.53 Å². The first-order valence-corrected chi connectivity index (χ1v) is 4.28. The first kappa shape index (κ1) is 10.3. The van der Waals surface area contributed by atoms with Gasteiger partial charge >= 0.3 is 6.21 Å². The number of benzene rings is 1. The maximum absolute atomic E-state index is 10.9. The van der Waals surface area contributed by atoms with Gasteiger partial charge in [-0.05, 0) is 5.56 Å². The van der Waals surface area contributed by atoms with Crippen LogP contribution in [0.25, 0.3) is 5.53 Å². The zero-order valence-corrected chi connectivity index (χ0v) is 7.68. The maximum atomic E-state index is 10.9. The van der Waals surface area contributed by atoms with Gasteiger partial charge in [0.25, 0.3) is 0 Å². The molecule has 0 bridgehead atoms. The molecule has 0 aromatic heterocycles. The van der Waals surface area contributed by atoms with Crippen LogP contribution in [0.1, 0.15) is 5.56 Å². The summed E-state index contributed by atoms with van der Waals surface area (Å²) in [4.78, 5) is 13.5. The van der Waals surface area contributed by atoms with Crippen LogP contribution in [0.2, 0.25) is 0 Å². The second kappa shape index (κ2) is 5.80. The number of nitrogens with one attached hydrogen (secondary N) is 1. The fourth-order valence-electron chi connectivity index (χ4n) is 1.04. The van der Waals surface area contributed by atoms with Crippen molar-refractivity contribution in [2.45, 2.75) is 6.54 Å². The van der Waals surface area contributed by atoms with Crippen LogP contribution in [0, 0.1) is 0 Å². The molecular formula is C10H11N3O. The Bertz CT molecular complexity index is 342. The monoisotopic (exact) mass is 189 g/mol. The number of Topliss-reactive ketones (excluding diaryl/α,β-unsaturated/α-hetero) is 1. The fourth-order valence-corrected chi connectivity index (χ4v) is 1.04. The van der Waals surface area contributed by atoms with Crippen molar-refractivity contribution in [3.8, 4) is 0 Å². The van der Waals surface area contributed by atoms with Gasteiger partial charge in [-0.3, -0.25) is 4.79 Å². The van der Waals surface area contributed by atoms with E-state index in [1.165, 1.54) is 0 Å². The third kappa shape index (κ3) is 3.76. The highest BCUT2D eigenvalue weighted by Gasteiger charge is 2.00. The van der Waals surface area contributed by atoms with Gasteiger partial charge in [0.2, 0.25) is 5.78 Å². The lowest BCUT2D eigenvalue weighted by atomic mass is 10.2. The molecule has 0 radical (unpaired) electrons. The van der Waals surface area contributed by atoms with Crippen molar-refractivity contribution in [2.24, 2.45) is 0 Å². The molecule has 0 saturated heterocycles. The Morgan fingerprint density at radius 3 is 2.79 bits per heavy atom. The summed E-state index contributed by atoms with van der Waals surface area (Å²) >= 11 is 0. The van der Waals surface area contributed by atoms with Crippen LogP contribution in [0.15, 0.2) is 30.3 Å². The molecule has 1 aromatic carbocycles. The Hall–Kier alpha value is -1.77. The first-order valence-electron chi connectivity index (χ1n) is 4.28. The van der Waals surface area contributed by atoms with Crippen LogP contribution in [0.4, 0.5) is 0 Å². The summed E-state index contributed by atoms with van der Waals surface area (Å²) in [7, 11) is 0. The van der Waals surface area contributed by atoms with Gasteiger partial charge in [-0.1, -0.05) is 30.3 Å². The normalized spacial score (nSPS) is 9.14. The minimum Gasteiger partial charge on any atom is -0.361 e. The van der Waals surface area contributed by atoms with E-state index in [1.807, 2.05) is 30.3 Å². The lowest BCUT2D eigenvalue weighted by Crippen LogP contribution is -2.23. The van der Waals surface area contributed by atoms with Crippen molar-refractivity contribution >= 4 is 12.0 Å². The Morgan fingerprint density at radius 1 is 1.43 bits per heavy atom. The number of hydrogen-bond acceptors (Lipinski definition) is 2. The molecule has 1 rings (SSSR count). The summed E-state index contributed by atoms with van der Waals surface area (Å²) in [6, 6.07) is 9.75. The number of carbonyl (C=O) groups is 1.